The van der Waals surface area contributed by atoms with Gasteiger partial charge in [-0.15, -0.1) is 0 Å². The molecule has 1 atom stereocenters. The van der Waals surface area contributed by atoms with Gasteiger partial charge in [-0.05, 0) is 46.7 Å². The van der Waals surface area contributed by atoms with E-state index in [9.17, 15) is 5.26 Å². The van der Waals surface area contributed by atoms with Gasteiger partial charge in [0.15, 0.2) is 0 Å². The predicted octanol–water partition coefficient (Wildman–Crippen LogP) is 5.50. The van der Waals surface area contributed by atoms with Crippen molar-refractivity contribution in [1.29, 1.82) is 5.26 Å². The number of benzene rings is 2. The van der Waals surface area contributed by atoms with Gasteiger partial charge in [-0.1, -0.05) is 56.6 Å². The maximum absolute atomic E-state index is 9.58. The van der Waals surface area contributed by atoms with Gasteiger partial charge in [0.1, 0.15) is 5.75 Å². The van der Waals surface area contributed by atoms with Crippen molar-refractivity contribution >= 4 is 11.6 Å². The number of nitriles is 1. The van der Waals surface area contributed by atoms with E-state index in [0.717, 1.165) is 16.9 Å². The number of rotatable bonds is 4. The lowest BCUT2D eigenvalue weighted by Crippen LogP contribution is -2.11. The van der Waals surface area contributed by atoms with E-state index >= 15 is 0 Å². The van der Waals surface area contributed by atoms with Crippen molar-refractivity contribution in [2.45, 2.75) is 38.5 Å². The Morgan fingerprint density at radius 2 is 1.78 bits per heavy atom. The van der Waals surface area contributed by atoms with Crippen LogP contribution in [0.25, 0.3) is 0 Å². The van der Waals surface area contributed by atoms with Crippen LogP contribution in [0.4, 0.5) is 0 Å². The number of ether oxygens (including phenoxy) is 1. The minimum absolute atomic E-state index is 0.108. The maximum Gasteiger partial charge on any atom is 0.122 e. The second-order valence-electron chi connectivity index (χ2n) is 6.71. The summed E-state index contributed by atoms with van der Waals surface area (Å²) in [6, 6.07) is 16.2. The maximum atomic E-state index is 9.58. The van der Waals surface area contributed by atoms with Crippen LogP contribution in [0, 0.1) is 11.3 Å². The highest BCUT2D eigenvalue weighted by Crippen LogP contribution is 2.30. The fourth-order valence-corrected chi connectivity index (χ4v) is 2.77. The molecule has 0 aliphatic heterocycles. The highest BCUT2D eigenvalue weighted by atomic mass is 35.5. The summed E-state index contributed by atoms with van der Waals surface area (Å²) < 4.78 is 5.38. The van der Waals surface area contributed by atoms with Crippen LogP contribution in [-0.2, 0) is 11.8 Å². The van der Waals surface area contributed by atoms with Crippen molar-refractivity contribution < 1.29 is 4.74 Å². The molecule has 2 rings (SSSR count). The predicted molar refractivity (Wildman–Crippen MR) is 95.2 cm³/mol. The van der Waals surface area contributed by atoms with E-state index in [1.807, 2.05) is 24.3 Å². The molecule has 2 aromatic carbocycles. The lowest BCUT2D eigenvalue weighted by atomic mass is 9.85. The third-order valence-corrected chi connectivity index (χ3v) is 4.24. The second-order valence-corrected chi connectivity index (χ2v) is 7.15. The molecule has 2 nitrogen and oxygen atoms in total. The van der Waals surface area contributed by atoms with Crippen LogP contribution in [0.3, 0.4) is 0 Å². The summed E-state index contributed by atoms with van der Waals surface area (Å²) in [4.78, 5) is 0. The highest BCUT2D eigenvalue weighted by Gasteiger charge is 2.17. The van der Waals surface area contributed by atoms with E-state index in [4.69, 9.17) is 16.3 Å². The molecule has 0 amide bonds. The minimum Gasteiger partial charge on any atom is -0.496 e. The van der Waals surface area contributed by atoms with Gasteiger partial charge < -0.3 is 4.74 Å². The Hall–Kier alpha value is -1.98. The zero-order chi connectivity index (χ0) is 17.0. The van der Waals surface area contributed by atoms with Crippen LogP contribution in [-0.4, -0.2) is 7.11 Å². The lowest BCUT2D eigenvalue weighted by Gasteiger charge is -2.20. The Morgan fingerprint density at radius 3 is 2.30 bits per heavy atom. The molecule has 3 heteroatoms. The molecule has 0 bridgehead atoms. The van der Waals surface area contributed by atoms with Crippen LogP contribution in [0.2, 0.25) is 5.02 Å². The average Bonchev–Trinajstić information content (AvgIpc) is 2.52. The fourth-order valence-electron chi connectivity index (χ4n) is 2.58. The molecule has 0 fully saturated rings. The summed E-state index contributed by atoms with van der Waals surface area (Å²) in [6.07, 6.45) is 0.578. The van der Waals surface area contributed by atoms with Gasteiger partial charge in [0.2, 0.25) is 0 Å². The van der Waals surface area contributed by atoms with E-state index < -0.39 is 0 Å². The van der Waals surface area contributed by atoms with Crippen LogP contribution in [0.5, 0.6) is 5.75 Å². The van der Waals surface area contributed by atoms with Crippen LogP contribution in [0.1, 0.15) is 43.4 Å². The van der Waals surface area contributed by atoms with E-state index in [0.29, 0.717) is 11.4 Å². The highest BCUT2D eigenvalue weighted by molar-refractivity contribution is 6.30. The molecule has 0 radical (unpaired) electrons. The normalized spacial score (nSPS) is 12.5. The van der Waals surface area contributed by atoms with Crippen molar-refractivity contribution in [2.24, 2.45) is 0 Å². The monoisotopic (exact) mass is 327 g/mol. The first kappa shape index (κ1) is 17.4. The molecular weight excluding hydrogens is 306 g/mol. The standard InChI is InChI=1S/C20H22ClNO/c1-20(2,3)17-7-5-14(6-8-17)16(13-22)11-15-12-18(21)9-10-19(15)23-4/h5-10,12,16H,11H2,1-4H3. The molecule has 0 saturated heterocycles. The van der Waals surface area contributed by atoms with Crippen molar-refractivity contribution in [3.63, 3.8) is 0 Å². The summed E-state index contributed by atoms with van der Waals surface area (Å²) in [5.74, 6) is 0.539. The van der Waals surface area contributed by atoms with Gasteiger partial charge in [-0.2, -0.15) is 5.26 Å². The first-order chi connectivity index (χ1) is 10.8. The topological polar surface area (TPSA) is 33.0 Å². The molecule has 0 aromatic heterocycles. The smallest absolute Gasteiger partial charge is 0.122 e. The zero-order valence-corrected chi connectivity index (χ0v) is 14.8. The molecule has 0 spiro atoms. The largest absolute Gasteiger partial charge is 0.496 e. The summed E-state index contributed by atoms with van der Waals surface area (Å²) >= 11 is 6.08. The molecular formula is C20H22ClNO. The number of hydrogen-bond acceptors (Lipinski definition) is 2. The summed E-state index contributed by atoms with van der Waals surface area (Å²) in [6.45, 7) is 6.54. The van der Waals surface area contributed by atoms with Crippen molar-refractivity contribution in [3.8, 4) is 11.8 Å². The van der Waals surface area contributed by atoms with E-state index in [-0.39, 0.29) is 11.3 Å². The molecule has 0 aliphatic carbocycles. The molecule has 120 valence electrons. The fraction of sp³-hybridized carbons (Fsp3) is 0.350. The first-order valence-corrected chi connectivity index (χ1v) is 8.05. The Bertz CT molecular complexity index is 708. The van der Waals surface area contributed by atoms with Crippen molar-refractivity contribution in [1.82, 2.24) is 0 Å². The lowest BCUT2D eigenvalue weighted by molar-refractivity contribution is 0.409. The molecule has 23 heavy (non-hydrogen) atoms. The van der Waals surface area contributed by atoms with Crippen LogP contribution in [0.15, 0.2) is 42.5 Å². The second kappa shape index (κ2) is 7.06. The SMILES string of the molecule is COc1ccc(Cl)cc1CC(C#N)c1ccc(C(C)(C)C)cc1. The summed E-state index contributed by atoms with van der Waals surface area (Å²) in [5.41, 5.74) is 3.34. The minimum atomic E-state index is -0.226. The number of nitrogens with zero attached hydrogens (tertiary/aromatic N) is 1. The van der Waals surface area contributed by atoms with Gasteiger partial charge in [-0.3, -0.25) is 0 Å². The van der Waals surface area contributed by atoms with Crippen molar-refractivity contribution in [3.05, 3.63) is 64.2 Å². The van der Waals surface area contributed by atoms with E-state index in [1.54, 1.807) is 13.2 Å². The third kappa shape index (κ3) is 4.27. The Balaban J connectivity index is 2.28. The van der Waals surface area contributed by atoms with Gasteiger partial charge in [0.25, 0.3) is 0 Å². The van der Waals surface area contributed by atoms with Crippen molar-refractivity contribution in [2.75, 3.05) is 7.11 Å². The van der Waals surface area contributed by atoms with Gasteiger partial charge in [-0.25, -0.2) is 0 Å². The molecule has 2 aromatic rings. The third-order valence-electron chi connectivity index (χ3n) is 4.00. The summed E-state index contributed by atoms with van der Waals surface area (Å²) in [5, 5.41) is 10.2. The van der Waals surface area contributed by atoms with Gasteiger partial charge in [0, 0.05) is 5.02 Å². The Kier molecular flexibility index (Phi) is 5.34. The van der Waals surface area contributed by atoms with Crippen LogP contribution < -0.4 is 4.74 Å². The Labute approximate surface area is 143 Å². The molecule has 0 N–H and O–H groups in total. The molecule has 0 saturated carbocycles. The van der Waals surface area contributed by atoms with Gasteiger partial charge in [0.05, 0.1) is 19.1 Å². The van der Waals surface area contributed by atoms with E-state index in [2.05, 4.69) is 39.0 Å². The quantitative estimate of drug-likeness (QED) is 0.743. The number of hydrogen-bond donors (Lipinski definition) is 0. The molecule has 1 unspecified atom stereocenters. The zero-order valence-electron chi connectivity index (χ0n) is 14.1. The molecule has 0 heterocycles. The van der Waals surface area contributed by atoms with E-state index in [1.165, 1.54) is 5.56 Å². The van der Waals surface area contributed by atoms with Crippen LogP contribution >= 0.6 is 11.6 Å². The van der Waals surface area contributed by atoms with Gasteiger partial charge >= 0.3 is 0 Å². The number of halogens is 1. The first-order valence-electron chi connectivity index (χ1n) is 7.67. The summed E-state index contributed by atoms with van der Waals surface area (Å²) in [7, 11) is 1.63. The average molecular weight is 328 g/mol. The number of methoxy groups -OCH3 is 1. The Morgan fingerprint density at radius 1 is 1.13 bits per heavy atom. The molecule has 0 aliphatic rings.